The van der Waals surface area contributed by atoms with E-state index in [0.29, 0.717) is 6.54 Å². The molecule has 2 rings (SSSR count). The minimum Gasteiger partial charge on any atom is -0.453 e. The number of rotatable bonds is 4. The molecule has 1 saturated heterocycles. The van der Waals surface area contributed by atoms with Crippen molar-refractivity contribution in [1.29, 1.82) is 0 Å². The summed E-state index contributed by atoms with van der Waals surface area (Å²) in [5.74, 6) is 0. The molecular formula is C16H24N2O3. The van der Waals surface area contributed by atoms with Gasteiger partial charge in [-0.3, -0.25) is 4.90 Å². The lowest BCUT2D eigenvalue weighted by Gasteiger charge is -2.45. The summed E-state index contributed by atoms with van der Waals surface area (Å²) in [6.07, 6.45) is 0.568. The number of piperazine rings is 1. The molecule has 5 nitrogen and oxygen atoms in total. The Balaban J connectivity index is 2.10. The topological polar surface area (TPSA) is 53.0 Å². The number of aliphatic hydroxyl groups is 1. The first kappa shape index (κ1) is 15.8. The molecule has 0 saturated carbocycles. The number of carbonyl (C=O) groups excluding carboxylic acids is 1. The van der Waals surface area contributed by atoms with Crippen molar-refractivity contribution in [3.8, 4) is 0 Å². The lowest BCUT2D eigenvalue weighted by atomic mass is 10.0. The Labute approximate surface area is 126 Å². The van der Waals surface area contributed by atoms with E-state index in [2.05, 4.69) is 24.0 Å². The van der Waals surface area contributed by atoms with Crippen LogP contribution in [0.25, 0.3) is 0 Å². The number of benzene rings is 1. The first-order chi connectivity index (χ1) is 10.2. The molecule has 1 amide bonds. The SMILES string of the molecule is CCC1CN(Cc2ccccc2)C(CO)CN1C(=O)OC. The van der Waals surface area contributed by atoms with Gasteiger partial charge in [0.05, 0.1) is 19.8 Å². The summed E-state index contributed by atoms with van der Waals surface area (Å²) < 4.78 is 4.85. The van der Waals surface area contributed by atoms with Gasteiger partial charge in [-0.05, 0) is 12.0 Å². The Morgan fingerprint density at radius 3 is 2.57 bits per heavy atom. The number of aliphatic hydroxyl groups excluding tert-OH is 1. The average Bonchev–Trinajstić information content (AvgIpc) is 2.54. The van der Waals surface area contributed by atoms with E-state index in [4.69, 9.17) is 4.74 Å². The highest BCUT2D eigenvalue weighted by Crippen LogP contribution is 2.20. The van der Waals surface area contributed by atoms with E-state index in [-0.39, 0.29) is 24.8 Å². The second-order valence-corrected chi connectivity index (χ2v) is 5.44. The van der Waals surface area contributed by atoms with Gasteiger partial charge in [-0.15, -0.1) is 0 Å². The zero-order valence-corrected chi connectivity index (χ0v) is 12.7. The van der Waals surface area contributed by atoms with Crippen LogP contribution in [-0.2, 0) is 11.3 Å². The summed E-state index contributed by atoms with van der Waals surface area (Å²) in [4.78, 5) is 15.9. The molecule has 1 fully saturated rings. The number of ether oxygens (including phenoxy) is 1. The molecule has 2 atom stereocenters. The van der Waals surface area contributed by atoms with E-state index in [1.165, 1.54) is 12.7 Å². The Hall–Kier alpha value is -1.59. The van der Waals surface area contributed by atoms with Gasteiger partial charge in [0.15, 0.2) is 0 Å². The van der Waals surface area contributed by atoms with Crippen LogP contribution < -0.4 is 0 Å². The van der Waals surface area contributed by atoms with Crippen molar-refractivity contribution in [1.82, 2.24) is 9.80 Å². The number of methoxy groups -OCH3 is 1. The minimum absolute atomic E-state index is 0.0385. The third kappa shape index (κ3) is 3.74. The average molecular weight is 292 g/mol. The van der Waals surface area contributed by atoms with E-state index in [9.17, 15) is 9.90 Å². The van der Waals surface area contributed by atoms with Crippen LogP contribution >= 0.6 is 0 Å². The largest absolute Gasteiger partial charge is 0.453 e. The maximum Gasteiger partial charge on any atom is 0.409 e. The van der Waals surface area contributed by atoms with Crippen LogP contribution in [-0.4, -0.2) is 59.9 Å². The molecule has 0 aromatic heterocycles. The van der Waals surface area contributed by atoms with Crippen molar-refractivity contribution < 1.29 is 14.6 Å². The third-order valence-corrected chi connectivity index (χ3v) is 4.13. The fraction of sp³-hybridized carbons (Fsp3) is 0.562. The predicted octanol–water partition coefficient (Wildman–Crippen LogP) is 1.71. The van der Waals surface area contributed by atoms with E-state index < -0.39 is 0 Å². The van der Waals surface area contributed by atoms with Gasteiger partial charge in [-0.25, -0.2) is 4.79 Å². The standard InChI is InChI=1S/C16H24N2O3/c1-3-14-10-17(9-13-7-5-4-6-8-13)15(12-19)11-18(14)16(20)21-2/h4-8,14-15,19H,3,9-12H2,1-2H3. The van der Waals surface area contributed by atoms with Gasteiger partial charge in [0, 0.05) is 25.7 Å². The fourth-order valence-electron chi connectivity index (χ4n) is 2.89. The number of nitrogens with zero attached hydrogens (tertiary/aromatic N) is 2. The van der Waals surface area contributed by atoms with Crippen molar-refractivity contribution in [2.24, 2.45) is 0 Å². The molecular weight excluding hydrogens is 268 g/mol. The molecule has 1 aliphatic rings. The Kier molecular flexibility index (Phi) is 5.59. The summed E-state index contributed by atoms with van der Waals surface area (Å²) >= 11 is 0. The molecule has 116 valence electrons. The Morgan fingerprint density at radius 1 is 1.29 bits per heavy atom. The second-order valence-electron chi connectivity index (χ2n) is 5.44. The highest BCUT2D eigenvalue weighted by atomic mass is 16.5. The molecule has 1 heterocycles. The molecule has 1 aromatic carbocycles. The molecule has 0 spiro atoms. The first-order valence-corrected chi connectivity index (χ1v) is 7.43. The monoisotopic (exact) mass is 292 g/mol. The molecule has 1 aromatic rings. The van der Waals surface area contributed by atoms with Gasteiger partial charge in [-0.2, -0.15) is 0 Å². The summed E-state index contributed by atoms with van der Waals surface area (Å²) in [5.41, 5.74) is 1.22. The van der Waals surface area contributed by atoms with Crippen molar-refractivity contribution in [3.63, 3.8) is 0 Å². The molecule has 1 N–H and O–H groups in total. The van der Waals surface area contributed by atoms with Crippen molar-refractivity contribution in [2.45, 2.75) is 32.0 Å². The first-order valence-electron chi connectivity index (χ1n) is 7.43. The second kappa shape index (κ2) is 7.43. The van der Waals surface area contributed by atoms with E-state index in [1.54, 1.807) is 4.90 Å². The van der Waals surface area contributed by atoms with E-state index in [1.807, 2.05) is 18.2 Å². The van der Waals surface area contributed by atoms with Crippen LogP contribution in [0, 0.1) is 0 Å². The summed E-state index contributed by atoms with van der Waals surface area (Å²) in [6, 6.07) is 10.3. The minimum atomic E-state index is -0.306. The van der Waals surface area contributed by atoms with Gasteiger partial charge in [0.25, 0.3) is 0 Å². The maximum absolute atomic E-state index is 11.9. The van der Waals surface area contributed by atoms with Gasteiger partial charge in [-0.1, -0.05) is 37.3 Å². The van der Waals surface area contributed by atoms with Crippen molar-refractivity contribution in [2.75, 3.05) is 26.8 Å². The number of hydrogen-bond acceptors (Lipinski definition) is 4. The summed E-state index contributed by atoms with van der Waals surface area (Å²) in [5, 5.41) is 9.65. The van der Waals surface area contributed by atoms with Crippen molar-refractivity contribution in [3.05, 3.63) is 35.9 Å². The van der Waals surface area contributed by atoms with Crippen LogP contribution in [0.15, 0.2) is 30.3 Å². The summed E-state index contributed by atoms with van der Waals surface area (Å²) in [6.45, 7) is 4.16. The number of carbonyl (C=O) groups is 1. The molecule has 21 heavy (non-hydrogen) atoms. The molecule has 1 aliphatic heterocycles. The van der Waals surface area contributed by atoms with Crippen LogP contribution in [0.3, 0.4) is 0 Å². The van der Waals surface area contributed by atoms with Crippen LogP contribution in [0.2, 0.25) is 0 Å². The quantitative estimate of drug-likeness (QED) is 0.918. The lowest BCUT2D eigenvalue weighted by Crippen LogP contribution is -2.60. The maximum atomic E-state index is 11.9. The molecule has 0 bridgehead atoms. The zero-order chi connectivity index (χ0) is 15.2. The third-order valence-electron chi connectivity index (χ3n) is 4.13. The van der Waals surface area contributed by atoms with Gasteiger partial charge in [0.2, 0.25) is 0 Å². The van der Waals surface area contributed by atoms with E-state index in [0.717, 1.165) is 19.5 Å². The number of amides is 1. The van der Waals surface area contributed by atoms with E-state index >= 15 is 0 Å². The van der Waals surface area contributed by atoms with Crippen LogP contribution in [0.4, 0.5) is 4.79 Å². The fourth-order valence-corrected chi connectivity index (χ4v) is 2.89. The van der Waals surface area contributed by atoms with Crippen LogP contribution in [0.1, 0.15) is 18.9 Å². The highest BCUT2D eigenvalue weighted by molar-refractivity contribution is 5.68. The van der Waals surface area contributed by atoms with Gasteiger partial charge in [0.1, 0.15) is 0 Å². The molecule has 0 aliphatic carbocycles. The van der Waals surface area contributed by atoms with Crippen molar-refractivity contribution >= 4 is 6.09 Å². The molecule has 5 heteroatoms. The zero-order valence-electron chi connectivity index (χ0n) is 12.7. The normalized spacial score (nSPS) is 23.1. The Bertz CT molecular complexity index is 452. The lowest BCUT2D eigenvalue weighted by molar-refractivity contribution is 0.000350. The molecule has 0 radical (unpaired) electrons. The molecule has 2 unspecified atom stereocenters. The summed E-state index contributed by atoms with van der Waals surface area (Å²) in [7, 11) is 1.40. The van der Waals surface area contributed by atoms with Gasteiger partial charge < -0.3 is 14.7 Å². The Morgan fingerprint density at radius 2 is 2.00 bits per heavy atom. The smallest absolute Gasteiger partial charge is 0.409 e. The highest BCUT2D eigenvalue weighted by Gasteiger charge is 2.35. The van der Waals surface area contributed by atoms with Gasteiger partial charge >= 0.3 is 6.09 Å². The predicted molar refractivity (Wildman–Crippen MR) is 80.9 cm³/mol. The van der Waals surface area contributed by atoms with Crippen LogP contribution in [0.5, 0.6) is 0 Å². The number of hydrogen-bond donors (Lipinski definition) is 1.